The second-order valence-corrected chi connectivity index (χ2v) is 10.6. The molecule has 5 aliphatic rings. The van der Waals surface area contributed by atoms with Crippen molar-refractivity contribution in [1.82, 2.24) is 0 Å². The van der Waals surface area contributed by atoms with Gasteiger partial charge in [-0.1, -0.05) is 38.8 Å². The number of aliphatic hydroxyl groups is 1. The van der Waals surface area contributed by atoms with E-state index in [0.717, 1.165) is 24.8 Å². The number of carbonyl (C=O) groups is 3. The van der Waals surface area contributed by atoms with E-state index in [2.05, 4.69) is 6.92 Å². The van der Waals surface area contributed by atoms with Gasteiger partial charge in [-0.3, -0.25) is 14.4 Å². The van der Waals surface area contributed by atoms with Crippen LogP contribution in [0.4, 0.5) is 0 Å². The van der Waals surface area contributed by atoms with Gasteiger partial charge in [0, 0.05) is 16.7 Å². The SMILES string of the molecule is CCCC1O[C@@H]2C[C@H]3[C@@H]4CCC5=CC(=O)C=C[C@]5(C)[C@H]4[C@@H](O)C[C@]3(C)[C@]2(C(=O)C=O)O1. The molecule has 4 aliphatic carbocycles. The summed E-state index contributed by atoms with van der Waals surface area (Å²) in [5.74, 6) is -0.328. The molecule has 0 amide bonds. The average Bonchev–Trinajstić information content (AvgIpc) is 3.20. The number of ether oxygens (including phenoxy) is 2. The number of hydrogen-bond donors (Lipinski definition) is 1. The Morgan fingerprint density at radius 1 is 1.35 bits per heavy atom. The van der Waals surface area contributed by atoms with Crippen molar-refractivity contribution >= 4 is 17.9 Å². The number of aldehydes is 1. The maximum absolute atomic E-state index is 13.1. The van der Waals surface area contributed by atoms with Crippen molar-refractivity contribution in [3.05, 3.63) is 23.8 Å². The number of rotatable bonds is 4. The number of ketones is 2. The number of fused-ring (bicyclic) bond motifs is 7. The first-order valence-electron chi connectivity index (χ1n) is 11.7. The first-order valence-corrected chi connectivity index (χ1v) is 11.7. The fraction of sp³-hybridized carbons (Fsp3) is 0.720. The van der Waals surface area contributed by atoms with Crippen molar-refractivity contribution < 1.29 is 29.0 Å². The minimum atomic E-state index is -1.32. The highest BCUT2D eigenvalue weighted by molar-refractivity contribution is 6.29. The molecule has 0 aromatic carbocycles. The maximum atomic E-state index is 13.1. The quantitative estimate of drug-likeness (QED) is 0.547. The van der Waals surface area contributed by atoms with Crippen molar-refractivity contribution in [3.8, 4) is 0 Å². The molecule has 1 saturated heterocycles. The Kier molecular flexibility index (Phi) is 4.75. The van der Waals surface area contributed by atoms with E-state index in [0.29, 0.717) is 25.5 Å². The van der Waals surface area contributed by atoms with Crippen molar-refractivity contribution in [1.29, 1.82) is 0 Å². The fourth-order valence-corrected chi connectivity index (χ4v) is 8.03. The van der Waals surface area contributed by atoms with Crippen LogP contribution in [-0.2, 0) is 23.9 Å². The van der Waals surface area contributed by atoms with Crippen molar-refractivity contribution in [3.63, 3.8) is 0 Å². The molecule has 3 saturated carbocycles. The number of hydrogen-bond acceptors (Lipinski definition) is 6. The summed E-state index contributed by atoms with van der Waals surface area (Å²) < 4.78 is 12.5. The second kappa shape index (κ2) is 6.93. The van der Waals surface area contributed by atoms with Gasteiger partial charge >= 0.3 is 0 Å². The summed E-state index contributed by atoms with van der Waals surface area (Å²) in [5, 5.41) is 11.5. The summed E-state index contributed by atoms with van der Waals surface area (Å²) in [6.45, 7) is 6.17. The van der Waals surface area contributed by atoms with Crippen LogP contribution in [0.15, 0.2) is 23.8 Å². The standard InChI is InChI=1S/C25H32O6/c1-4-5-21-30-20-11-17-16-7-6-14-10-15(27)8-9-23(14,2)22(16)18(28)12-24(17,3)25(20,31-21)19(29)13-26/h8-10,13,16-18,20-22,28H,4-7,11-12H2,1-3H3/t16-,17-,18-,20+,21?,22+,23-,24-,25+/m0/s1. The van der Waals surface area contributed by atoms with E-state index in [4.69, 9.17) is 9.47 Å². The Hall–Kier alpha value is -1.63. The molecule has 5 rings (SSSR count). The van der Waals surface area contributed by atoms with Crippen LogP contribution in [0.2, 0.25) is 0 Å². The Morgan fingerprint density at radius 3 is 2.84 bits per heavy atom. The van der Waals surface area contributed by atoms with Gasteiger partial charge in [-0.15, -0.1) is 0 Å². The summed E-state index contributed by atoms with van der Waals surface area (Å²) in [7, 11) is 0. The van der Waals surface area contributed by atoms with Crippen LogP contribution in [0.1, 0.15) is 59.3 Å². The molecular formula is C25H32O6. The van der Waals surface area contributed by atoms with E-state index >= 15 is 0 Å². The zero-order chi connectivity index (χ0) is 22.2. The molecular weight excluding hydrogens is 396 g/mol. The van der Waals surface area contributed by atoms with Gasteiger partial charge in [-0.2, -0.15) is 0 Å². The molecule has 1 unspecified atom stereocenters. The predicted molar refractivity (Wildman–Crippen MR) is 112 cm³/mol. The van der Waals surface area contributed by atoms with Crippen LogP contribution < -0.4 is 0 Å². The Balaban J connectivity index is 1.56. The van der Waals surface area contributed by atoms with Crippen molar-refractivity contribution in [2.45, 2.75) is 83.4 Å². The van der Waals surface area contributed by atoms with Crippen molar-refractivity contribution in [2.75, 3.05) is 0 Å². The molecule has 6 nitrogen and oxygen atoms in total. The first kappa shape index (κ1) is 21.2. The second-order valence-electron chi connectivity index (χ2n) is 10.6. The minimum absolute atomic E-state index is 0.00996. The largest absolute Gasteiger partial charge is 0.393 e. The fourth-order valence-electron chi connectivity index (χ4n) is 8.03. The highest BCUT2D eigenvalue weighted by atomic mass is 16.7. The third kappa shape index (κ3) is 2.58. The molecule has 0 radical (unpaired) electrons. The zero-order valence-corrected chi connectivity index (χ0v) is 18.5. The molecule has 0 aromatic rings. The Bertz CT molecular complexity index is 890. The monoisotopic (exact) mass is 428 g/mol. The lowest BCUT2D eigenvalue weighted by atomic mass is 9.46. The topological polar surface area (TPSA) is 89.9 Å². The lowest BCUT2D eigenvalue weighted by Gasteiger charge is -2.59. The first-order chi connectivity index (χ1) is 14.7. The third-order valence-electron chi connectivity index (χ3n) is 9.29. The maximum Gasteiger partial charge on any atom is 0.230 e. The smallest absolute Gasteiger partial charge is 0.230 e. The van der Waals surface area contributed by atoms with Gasteiger partial charge in [-0.05, 0) is 56.1 Å². The highest BCUT2D eigenvalue weighted by Crippen LogP contribution is 2.69. The molecule has 1 aliphatic heterocycles. The summed E-state index contributed by atoms with van der Waals surface area (Å²) in [4.78, 5) is 36.8. The average molecular weight is 429 g/mol. The molecule has 168 valence electrons. The molecule has 31 heavy (non-hydrogen) atoms. The minimum Gasteiger partial charge on any atom is -0.393 e. The van der Waals surface area contributed by atoms with E-state index in [1.165, 1.54) is 0 Å². The summed E-state index contributed by atoms with van der Waals surface area (Å²) in [5.41, 5.74) is -1.27. The lowest BCUT2D eigenvalue weighted by Crippen LogP contribution is -2.63. The van der Waals surface area contributed by atoms with Gasteiger partial charge < -0.3 is 14.6 Å². The van der Waals surface area contributed by atoms with Crippen LogP contribution in [-0.4, -0.2) is 47.1 Å². The van der Waals surface area contributed by atoms with Gasteiger partial charge in [-0.25, -0.2) is 0 Å². The summed E-state index contributed by atoms with van der Waals surface area (Å²) >= 11 is 0. The molecule has 9 atom stereocenters. The van der Waals surface area contributed by atoms with E-state index in [9.17, 15) is 19.5 Å². The summed E-state index contributed by atoms with van der Waals surface area (Å²) in [6.07, 6.45) is 8.30. The van der Waals surface area contributed by atoms with Gasteiger partial charge in [0.05, 0.1) is 12.2 Å². The van der Waals surface area contributed by atoms with Gasteiger partial charge in [0.2, 0.25) is 5.78 Å². The predicted octanol–water partition coefficient (Wildman–Crippen LogP) is 2.92. The normalized spacial score (nSPS) is 50.2. The molecule has 1 N–H and O–H groups in total. The van der Waals surface area contributed by atoms with E-state index in [1.807, 2.05) is 19.9 Å². The van der Waals surface area contributed by atoms with Gasteiger partial charge in [0.15, 0.2) is 24.0 Å². The van der Waals surface area contributed by atoms with Crippen LogP contribution in [0.3, 0.4) is 0 Å². The lowest BCUT2D eigenvalue weighted by molar-refractivity contribution is -0.198. The molecule has 4 fully saturated rings. The van der Waals surface area contributed by atoms with E-state index < -0.39 is 35.3 Å². The molecule has 6 heteroatoms. The van der Waals surface area contributed by atoms with Crippen LogP contribution in [0.5, 0.6) is 0 Å². The number of carbonyl (C=O) groups excluding carboxylic acids is 3. The molecule has 0 spiro atoms. The molecule has 0 bridgehead atoms. The zero-order valence-electron chi connectivity index (χ0n) is 18.5. The number of aliphatic hydroxyl groups excluding tert-OH is 1. The Morgan fingerprint density at radius 2 is 2.13 bits per heavy atom. The Labute approximate surface area is 183 Å². The van der Waals surface area contributed by atoms with Crippen LogP contribution >= 0.6 is 0 Å². The highest BCUT2D eigenvalue weighted by Gasteiger charge is 2.75. The van der Waals surface area contributed by atoms with Crippen LogP contribution in [0, 0.1) is 28.6 Å². The van der Waals surface area contributed by atoms with E-state index in [1.54, 1.807) is 12.2 Å². The van der Waals surface area contributed by atoms with Gasteiger partial charge in [0.25, 0.3) is 0 Å². The van der Waals surface area contributed by atoms with Crippen molar-refractivity contribution in [2.24, 2.45) is 28.6 Å². The summed E-state index contributed by atoms with van der Waals surface area (Å²) in [6, 6.07) is 0. The third-order valence-corrected chi connectivity index (χ3v) is 9.29. The number of Topliss-reactive ketones (excluding diaryl/α,β-unsaturated/α-hetero) is 1. The van der Waals surface area contributed by atoms with Crippen LogP contribution in [0.25, 0.3) is 0 Å². The van der Waals surface area contributed by atoms with E-state index in [-0.39, 0.29) is 29.0 Å². The van der Waals surface area contributed by atoms with Gasteiger partial charge in [0.1, 0.15) is 0 Å². The number of allylic oxidation sites excluding steroid dienone is 4. The molecule has 1 heterocycles. The molecule has 0 aromatic heterocycles.